The van der Waals surface area contributed by atoms with E-state index in [1.807, 2.05) is 6.92 Å². The monoisotopic (exact) mass is 225 g/mol. The first-order valence-electron chi connectivity index (χ1n) is 6.07. The second-order valence-corrected chi connectivity index (χ2v) is 5.27. The third-order valence-electron chi connectivity index (χ3n) is 4.14. The van der Waals surface area contributed by atoms with Crippen molar-refractivity contribution in [1.82, 2.24) is 5.32 Å². The van der Waals surface area contributed by atoms with Gasteiger partial charge in [-0.3, -0.25) is 9.59 Å². The second kappa shape index (κ2) is 4.44. The number of carboxylic acids is 1. The largest absolute Gasteiger partial charge is 0.481 e. The summed E-state index contributed by atoms with van der Waals surface area (Å²) in [5, 5.41) is 11.3. The van der Waals surface area contributed by atoms with Crippen LogP contribution in [-0.2, 0) is 9.59 Å². The molecule has 0 aromatic rings. The van der Waals surface area contributed by atoms with Gasteiger partial charge in [0.05, 0.1) is 0 Å². The Balaban J connectivity index is 1.82. The second-order valence-electron chi connectivity index (χ2n) is 5.27. The van der Waals surface area contributed by atoms with Crippen LogP contribution in [0.3, 0.4) is 0 Å². The Bertz CT molecular complexity index is 303. The van der Waals surface area contributed by atoms with Gasteiger partial charge in [-0.15, -0.1) is 0 Å². The van der Waals surface area contributed by atoms with Crippen molar-refractivity contribution in [1.29, 1.82) is 0 Å². The van der Waals surface area contributed by atoms with Gasteiger partial charge in [-0.05, 0) is 43.9 Å². The Morgan fingerprint density at radius 1 is 1.38 bits per heavy atom. The lowest BCUT2D eigenvalue weighted by molar-refractivity contribution is -0.140. The molecular formula is C12H19NO3. The first-order chi connectivity index (χ1) is 7.56. The highest BCUT2D eigenvalue weighted by molar-refractivity contribution is 5.93. The fourth-order valence-electron chi connectivity index (χ4n) is 3.46. The lowest BCUT2D eigenvalue weighted by atomic mass is 9.84. The molecule has 2 fully saturated rings. The Kier molecular flexibility index (Phi) is 3.17. The normalized spacial score (nSPS) is 33.7. The van der Waals surface area contributed by atoms with E-state index in [1.54, 1.807) is 0 Å². The molecule has 0 aromatic carbocycles. The van der Waals surface area contributed by atoms with Crippen molar-refractivity contribution in [2.45, 2.75) is 45.1 Å². The average Bonchev–Trinajstić information content (AvgIpc) is 2.76. The lowest BCUT2D eigenvalue weighted by Gasteiger charge is -2.28. The molecule has 2 saturated carbocycles. The van der Waals surface area contributed by atoms with Crippen LogP contribution in [0.2, 0.25) is 0 Å². The Morgan fingerprint density at radius 3 is 2.62 bits per heavy atom. The molecular weight excluding hydrogens is 206 g/mol. The van der Waals surface area contributed by atoms with Gasteiger partial charge in [-0.1, -0.05) is 6.42 Å². The van der Waals surface area contributed by atoms with Gasteiger partial charge >= 0.3 is 5.97 Å². The van der Waals surface area contributed by atoms with Crippen LogP contribution in [-0.4, -0.2) is 23.0 Å². The van der Waals surface area contributed by atoms with Crippen molar-refractivity contribution in [2.24, 2.45) is 17.8 Å². The molecule has 1 amide bonds. The molecule has 0 heterocycles. The summed E-state index contributed by atoms with van der Waals surface area (Å²) < 4.78 is 0. The molecule has 2 aliphatic carbocycles. The molecule has 2 N–H and O–H groups in total. The quantitative estimate of drug-likeness (QED) is 0.711. The summed E-state index contributed by atoms with van der Waals surface area (Å²) in [6.07, 6.45) is 4.74. The summed E-state index contributed by atoms with van der Waals surface area (Å²) in [5.74, 6) is 0.760. The van der Waals surface area contributed by atoms with Crippen LogP contribution in [0.5, 0.6) is 0 Å². The van der Waals surface area contributed by atoms with Crippen molar-refractivity contribution >= 4 is 11.9 Å². The molecule has 2 rings (SSSR count). The Labute approximate surface area is 95.4 Å². The molecule has 0 aromatic heterocycles. The summed E-state index contributed by atoms with van der Waals surface area (Å²) in [7, 11) is 0. The third-order valence-corrected chi connectivity index (χ3v) is 4.14. The van der Waals surface area contributed by atoms with Crippen LogP contribution >= 0.6 is 0 Å². The van der Waals surface area contributed by atoms with Gasteiger partial charge in [0, 0.05) is 6.04 Å². The van der Waals surface area contributed by atoms with Crippen molar-refractivity contribution in [3.8, 4) is 0 Å². The van der Waals surface area contributed by atoms with Gasteiger partial charge in [0.15, 0.2) is 0 Å². The Morgan fingerprint density at radius 2 is 2.12 bits per heavy atom. The number of carboxylic acid groups (broad SMARTS) is 1. The van der Waals surface area contributed by atoms with E-state index in [9.17, 15) is 9.59 Å². The minimum Gasteiger partial charge on any atom is -0.481 e. The smallest absolute Gasteiger partial charge is 0.312 e. The van der Waals surface area contributed by atoms with Crippen LogP contribution in [0.25, 0.3) is 0 Å². The number of aliphatic carboxylic acids is 1. The SMILES string of the molecule is CC(NC(=O)CC(=O)O)C1CC2CCC1C2. The highest BCUT2D eigenvalue weighted by atomic mass is 16.4. The molecule has 0 aliphatic heterocycles. The van der Waals surface area contributed by atoms with Crippen molar-refractivity contribution in [3.63, 3.8) is 0 Å². The zero-order valence-corrected chi connectivity index (χ0v) is 9.61. The van der Waals surface area contributed by atoms with E-state index < -0.39 is 12.4 Å². The molecule has 90 valence electrons. The van der Waals surface area contributed by atoms with E-state index in [1.165, 1.54) is 25.7 Å². The zero-order chi connectivity index (χ0) is 11.7. The number of hydrogen-bond acceptors (Lipinski definition) is 2. The van der Waals surface area contributed by atoms with Crippen molar-refractivity contribution in [3.05, 3.63) is 0 Å². The number of carbonyl (C=O) groups excluding carboxylic acids is 1. The Hall–Kier alpha value is -1.06. The number of amides is 1. The van der Waals surface area contributed by atoms with Crippen LogP contribution in [0.15, 0.2) is 0 Å². The summed E-state index contributed by atoms with van der Waals surface area (Å²) in [5.41, 5.74) is 0. The summed E-state index contributed by atoms with van der Waals surface area (Å²) in [6.45, 7) is 2.01. The number of nitrogens with one attached hydrogen (secondary N) is 1. The first kappa shape index (κ1) is 11.4. The maximum atomic E-state index is 11.3. The van der Waals surface area contributed by atoms with E-state index in [0.717, 1.165) is 11.8 Å². The van der Waals surface area contributed by atoms with Gasteiger partial charge in [-0.2, -0.15) is 0 Å². The van der Waals surface area contributed by atoms with Crippen LogP contribution < -0.4 is 5.32 Å². The molecule has 16 heavy (non-hydrogen) atoms. The van der Waals surface area contributed by atoms with Crippen molar-refractivity contribution in [2.75, 3.05) is 0 Å². The van der Waals surface area contributed by atoms with Crippen LogP contribution in [0.4, 0.5) is 0 Å². The van der Waals surface area contributed by atoms with Crippen LogP contribution in [0.1, 0.15) is 39.0 Å². The molecule has 4 unspecified atom stereocenters. The number of carbonyl (C=O) groups is 2. The molecule has 4 atom stereocenters. The summed E-state index contributed by atoms with van der Waals surface area (Å²) in [4.78, 5) is 21.7. The third kappa shape index (κ3) is 2.36. The average molecular weight is 225 g/mol. The molecule has 2 bridgehead atoms. The standard InChI is InChI=1S/C12H19NO3/c1-7(13-11(14)6-12(15)16)10-5-8-2-3-9(10)4-8/h7-10H,2-6H2,1H3,(H,13,14)(H,15,16). The molecule has 4 heteroatoms. The van der Waals surface area contributed by atoms with Crippen LogP contribution in [0, 0.1) is 17.8 Å². The van der Waals surface area contributed by atoms with Gasteiger partial charge < -0.3 is 10.4 Å². The molecule has 0 spiro atoms. The fourth-order valence-corrected chi connectivity index (χ4v) is 3.46. The van der Waals surface area contributed by atoms with Gasteiger partial charge in [0.2, 0.25) is 5.91 Å². The maximum Gasteiger partial charge on any atom is 0.312 e. The predicted octanol–water partition coefficient (Wildman–Crippen LogP) is 1.40. The first-order valence-corrected chi connectivity index (χ1v) is 6.07. The van der Waals surface area contributed by atoms with E-state index in [4.69, 9.17) is 5.11 Å². The van der Waals surface area contributed by atoms with E-state index in [-0.39, 0.29) is 11.9 Å². The highest BCUT2D eigenvalue weighted by Gasteiger charge is 2.42. The number of rotatable bonds is 4. The minimum absolute atomic E-state index is 0.127. The minimum atomic E-state index is -1.06. The molecule has 0 radical (unpaired) electrons. The number of hydrogen-bond donors (Lipinski definition) is 2. The number of fused-ring (bicyclic) bond motifs is 2. The predicted molar refractivity (Wildman–Crippen MR) is 58.8 cm³/mol. The molecule has 4 nitrogen and oxygen atoms in total. The van der Waals surface area contributed by atoms with Gasteiger partial charge in [0.25, 0.3) is 0 Å². The van der Waals surface area contributed by atoms with E-state index in [0.29, 0.717) is 5.92 Å². The van der Waals surface area contributed by atoms with E-state index >= 15 is 0 Å². The molecule has 0 saturated heterocycles. The lowest BCUT2D eigenvalue weighted by Crippen LogP contribution is -2.40. The van der Waals surface area contributed by atoms with Gasteiger partial charge in [-0.25, -0.2) is 0 Å². The van der Waals surface area contributed by atoms with Gasteiger partial charge in [0.1, 0.15) is 6.42 Å². The van der Waals surface area contributed by atoms with Crippen molar-refractivity contribution < 1.29 is 14.7 Å². The summed E-state index contributed by atoms with van der Waals surface area (Å²) in [6, 6.07) is 0.127. The topological polar surface area (TPSA) is 66.4 Å². The maximum absolute atomic E-state index is 11.3. The zero-order valence-electron chi connectivity index (χ0n) is 9.61. The van der Waals surface area contributed by atoms with E-state index in [2.05, 4.69) is 5.32 Å². The molecule has 2 aliphatic rings. The summed E-state index contributed by atoms with van der Waals surface area (Å²) >= 11 is 0. The highest BCUT2D eigenvalue weighted by Crippen LogP contribution is 2.49. The fraction of sp³-hybridized carbons (Fsp3) is 0.833.